The van der Waals surface area contributed by atoms with Gasteiger partial charge in [-0.1, -0.05) is 121 Å². The van der Waals surface area contributed by atoms with E-state index in [-0.39, 0.29) is 0 Å². The molecular weight excluding hydrogens is 755 g/mol. The number of hydrogen-bond donors (Lipinski definition) is 0. The van der Waals surface area contributed by atoms with Gasteiger partial charge in [-0.25, -0.2) is 24.9 Å². The zero-order chi connectivity index (χ0) is 37.5. The van der Waals surface area contributed by atoms with Crippen molar-refractivity contribution in [1.82, 2.24) is 24.9 Å². The Morgan fingerprint density at radius 3 is 1.72 bits per heavy atom. The van der Waals surface area contributed by atoms with E-state index >= 15 is 0 Å². The summed E-state index contributed by atoms with van der Waals surface area (Å²) < 4.78 is 7.06. The highest BCUT2D eigenvalue weighted by Crippen LogP contribution is 2.44. The van der Waals surface area contributed by atoms with Gasteiger partial charge in [0.2, 0.25) is 0 Å². The van der Waals surface area contributed by atoms with Crippen LogP contribution in [0.2, 0.25) is 0 Å². The van der Waals surface area contributed by atoms with E-state index in [9.17, 15) is 0 Å². The fraction of sp³-hybridized carbons (Fsp3) is 0. The summed E-state index contributed by atoms with van der Waals surface area (Å²) in [6.07, 6.45) is 0. The van der Waals surface area contributed by atoms with Crippen LogP contribution >= 0.6 is 34.0 Å². The third-order valence-corrected chi connectivity index (χ3v) is 14.1. The van der Waals surface area contributed by atoms with Crippen molar-refractivity contribution in [2.24, 2.45) is 0 Å². The largest absolute Gasteiger partial charge is 0.226 e. The molecule has 0 fully saturated rings. The topological polar surface area (TPSA) is 64.5 Å². The Bertz CT molecular complexity index is 3530. The highest BCUT2D eigenvalue weighted by molar-refractivity contribution is 7.27. The van der Waals surface area contributed by atoms with Gasteiger partial charge in [0.15, 0.2) is 23.3 Å². The van der Waals surface area contributed by atoms with Gasteiger partial charge >= 0.3 is 0 Å². The van der Waals surface area contributed by atoms with Crippen molar-refractivity contribution >= 4 is 94.7 Å². The standard InChI is InChI=1S/C49H27N5S3/c1-3-13-28(14-4-1)42-45-43(33-18-8-10-23-38(33)57-45)51-47(50-42)30-25-26-39-36(27-30)41-34(20-12-24-40(41)55-39)48-52-46(29-15-5-2-6-16-29)53-49(54-48)35-21-11-19-32-31-17-7-9-22-37(31)56-44(32)35/h1-27H. The molecule has 5 heterocycles. The number of rotatable bonds is 5. The Balaban J connectivity index is 1.08. The van der Waals surface area contributed by atoms with Gasteiger partial charge in [-0.15, -0.1) is 34.0 Å². The van der Waals surface area contributed by atoms with Crippen molar-refractivity contribution in [3.05, 3.63) is 164 Å². The van der Waals surface area contributed by atoms with Crippen molar-refractivity contribution in [3.63, 3.8) is 0 Å². The van der Waals surface area contributed by atoms with Gasteiger partial charge in [-0.05, 0) is 42.5 Å². The minimum absolute atomic E-state index is 0.640. The molecule has 0 aliphatic carbocycles. The number of hydrogen-bond acceptors (Lipinski definition) is 8. The molecule has 0 aliphatic rings. The maximum Gasteiger partial charge on any atom is 0.165 e. The lowest BCUT2D eigenvalue weighted by Crippen LogP contribution is -2.00. The fourth-order valence-electron chi connectivity index (χ4n) is 7.92. The molecule has 5 aromatic heterocycles. The monoisotopic (exact) mass is 781 g/mol. The smallest absolute Gasteiger partial charge is 0.165 e. The van der Waals surface area contributed by atoms with Crippen LogP contribution in [0, 0.1) is 0 Å². The first-order chi connectivity index (χ1) is 28.2. The van der Waals surface area contributed by atoms with Crippen LogP contribution in [0.3, 0.4) is 0 Å². The molecule has 266 valence electrons. The summed E-state index contributed by atoms with van der Waals surface area (Å²) in [7, 11) is 0. The molecule has 0 saturated heterocycles. The van der Waals surface area contributed by atoms with E-state index in [0.717, 1.165) is 59.9 Å². The maximum atomic E-state index is 5.30. The predicted octanol–water partition coefficient (Wildman–Crippen LogP) is 14.1. The molecule has 0 N–H and O–H groups in total. The van der Waals surface area contributed by atoms with Crippen LogP contribution in [0.25, 0.3) is 117 Å². The van der Waals surface area contributed by atoms with E-state index < -0.39 is 0 Å². The van der Waals surface area contributed by atoms with Gasteiger partial charge < -0.3 is 0 Å². The van der Waals surface area contributed by atoms with Gasteiger partial charge in [0.25, 0.3) is 0 Å². The van der Waals surface area contributed by atoms with Gasteiger partial charge in [-0.3, -0.25) is 0 Å². The summed E-state index contributed by atoms with van der Waals surface area (Å²) in [6, 6.07) is 57.2. The molecule has 0 unspecified atom stereocenters. The lowest BCUT2D eigenvalue weighted by Gasteiger charge is -2.10. The molecule has 12 aromatic rings. The van der Waals surface area contributed by atoms with Crippen molar-refractivity contribution < 1.29 is 0 Å². The summed E-state index contributed by atoms with van der Waals surface area (Å²) in [4.78, 5) is 26.2. The Labute approximate surface area is 338 Å². The first-order valence-electron chi connectivity index (χ1n) is 18.7. The summed E-state index contributed by atoms with van der Waals surface area (Å²) in [5, 5.41) is 5.84. The predicted molar refractivity (Wildman–Crippen MR) is 241 cm³/mol. The second-order valence-electron chi connectivity index (χ2n) is 14.0. The highest BCUT2D eigenvalue weighted by atomic mass is 32.1. The maximum absolute atomic E-state index is 5.30. The Morgan fingerprint density at radius 2 is 0.895 bits per heavy atom. The Morgan fingerprint density at radius 1 is 0.316 bits per heavy atom. The van der Waals surface area contributed by atoms with Gasteiger partial charge in [-0.2, -0.15) is 0 Å². The molecule has 5 nitrogen and oxygen atoms in total. The molecule has 7 aromatic carbocycles. The molecule has 0 atom stereocenters. The average Bonchev–Trinajstić information content (AvgIpc) is 3.97. The zero-order valence-corrected chi connectivity index (χ0v) is 32.5. The van der Waals surface area contributed by atoms with Crippen LogP contribution in [0.4, 0.5) is 0 Å². The molecule has 0 radical (unpaired) electrons. The third-order valence-electron chi connectivity index (χ3n) is 10.6. The van der Waals surface area contributed by atoms with Crippen molar-refractivity contribution in [2.45, 2.75) is 0 Å². The van der Waals surface area contributed by atoms with E-state index in [0.29, 0.717) is 23.3 Å². The number of thiophene rings is 3. The first-order valence-corrected chi connectivity index (χ1v) is 21.1. The van der Waals surface area contributed by atoms with Crippen LogP contribution in [0.1, 0.15) is 0 Å². The number of fused-ring (bicyclic) bond motifs is 9. The van der Waals surface area contributed by atoms with E-state index in [1.165, 1.54) is 34.3 Å². The van der Waals surface area contributed by atoms with E-state index in [1.54, 1.807) is 34.0 Å². The molecule has 0 spiro atoms. The summed E-state index contributed by atoms with van der Waals surface area (Å²) in [6.45, 7) is 0. The second-order valence-corrected chi connectivity index (χ2v) is 17.2. The normalized spacial score (nSPS) is 11.9. The molecule has 0 aliphatic heterocycles. The quantitative estimate of drug-likeness (QED) is 0.174. The van der Waals surface area contributed by atoms with Crippen molar-refractivity contribution in [1.29, 1.82) is 0 Å². The van der Waals surface area contributed by atoms with Crippen LogP contribution in [-0.4, -0.2) is 24.9 Å². The van der Waals surface area contributed by atoms with Crippen LogP contribution in [-0.2, 0) is 0 Å². The van der Waals surface area contributed by atoms with Crippen LogP contribution in [0.15, 0.2) is 164 Å². The minimum Gasteiger partial charge on any atom is -0.226 e. The number of nitrogens with zero attached hydrogens (tertiary/aromatic N) is 5. The molecule has 12 rings (SSSR count). The number of benzene rings is 7. The summed E-state index contributed by atoms with van der Waals surface area (Å²) >= 11 is 5.31. The van der Waals surface area contributed by atoms with E-state index in [2.05, 4.69) is 140 Å². The van der Waals surface area contributed by atoms with Gasteiger partial charge in [0.05, 0.1) is 15.9 Å². The van der Waals surface area contributed by atoms with E-state index in [1.807, 2.05) is 24.3 Å². The second kappa shape index (κ2) is 12.9. The minimum atomic E-state index is 0.640. The van der Waals surface area contributed by atoms with Crippen LogP contribution < -0.4 is 0 Å². The average molecular weight is 782 g/mol. The van der Waals surface area contributed by atoms with Gasteiger partial charge in [0.1, 0.15) is 0 Å². The fourth-order valence-corrected chi connectivity index (χ4v) is 11.4. The number of aromatic nitrogens is 5. The van der Waals surface area contributed by atoms with Crippen molar-refractivity contribution in [2.75, 3.05) is 0 Å². The zero-order valence-electron chi connectivity index (χ0n) is 30.0. The SMILES string of the molecule is c1ccc(-c2nc(-c3cccc4c3sc3ccccc34)nc(-c3cccc4sc5ccc(-c6nc(-c7ccccc7)c7sc8ccccc8c7n6)cc5c34)n2)cc1. The van der Waals surface area contributed by atoms with Crippen molar-refractivity contribution in [3.8, 4) is 56.8 Å². The van der Waals surface area contributed by atoms with Crippen LogP contribution in [0.5, 0.6) is 0 Å². The summed E-state index contributed by atoms with van der Waals surface area (Å²) in [5.74, 6) is 2.64. The Hall–Kier alpha value is -6.71. The molecule has 0 saturated carbocycles. The Kier molecular flexibility index (Phi) is 7.38. The molecule has 8 heteroatoms. The highest BCUT2D eigenvalue weighted by Gasteiger charge is 2.21. The molecular formula is C49H27N5S3. The molecule has 0 amide bonds. The lowest BCUT2D eigenvalue weighted by atomic mass is 10.0. The third kappa shape index (κ3) is 5.29. The molecule has 57 heavy (non-hydrogen) atoms. The van der Waals surface area contributed by atoms with Gasteiger partial charge in [0, 0.05) is 78.2 Å². The summed E-state index contributed by atoms with van der Waals surface area (Å²) in [5.41, 5.74) is 6.88. The lowest BCUT2D eigenvalue weighted by molar-refractivity contribution is 1.08. The first kappa shape index (κ1) is 32.5. The van der Waals surface area contributed by atoms with E-state index in [4.69, 9.17) is 24.9 Å². The molecule has 0 bridgehead atoms.